The molecule has 1 N–H and O–H groups in total. The molecule has 0 unspecified atom stereocenters. The van der Waals surface area contributed by atoms with Crippen molar-refractivity contribution in [3.63, 3.8) is 0 Å². The van der Waals surface area contributed by atoms with E-state index < -0.39 is 11.7 Å². The van der Waals surface area contributed by atoms with Gasteiger partial charge in [-0.3, -0.25) is 0 Å². The maximum atomic E-state index is 13.3. The average Bonchev–Trinajstić information content (AvgIpc) is 3.04. The predicted molar refractivity (Wildman–Crippen MR) is 94.5 cm³/mol. The van der Waals surface area contributed by atoms with Gasteiger partial charge in [-0.15, -0.1) is 0 Å². The lowest BCUT2D eigenvalue weighted by Gasteiger charge is -2.34. The number of benzene rings is 1. The van der Waals surface area contributed by atoms with Crippen molar-refractivity contribution >= 4 is 23.0 Å². The van der Waals surface area contributed by atoms with Crippen LogP contribution in [0.5, 0.6) is 0 Å². The monoisotopic (exact) mass is 364 g/mol. The maximum absolute atomic E-state index is 13.3. The first-order valence-electron chi connectivity index (χ1n) is 8.20. The molecule has 0 atom stereocenters. The van der Waals surface area contributed by atoms with E-state index in [0.29, 0.717) is 26.2 Å². The molecule has 0 amide bonds. The molecule has 1 saturated heterocycles. The van der Waals surface area contributed by atoms with E-state index in [0.717, 1.165) is 11.6 Å². The van der Waals surface area contributed by atoms with Crippen LogP contribution in [0, 0.1) is 5.41 Å². The van der Waals surface area contributed by atoms with Crippen LogP contribution in [0.1, 0.15) is 12.5 Å². The first-order valence-corrected chi connectivity index (χ1v) is 8.20. The fourth-order valence-electron chi connectivity index (χ4n) is 3.02. The molecule has 3 rings (SSSR count). The highest BCUT2D eigenvalue weighted by molar-refractivity contribution is 5.92. The van der Waals surface area contributed by atoms with Gasteiger partial charge in [0.25, 0.3) is 0 Å². The molecule has 8 heteroatoms. The highest BCUT2D eigenvalue weighted by Gasteiger charge is 2.36. The first kappa shape index (κ1) is 18.0. The molecule has 1 aromatic carbocycles. The van der Waals surface area contributed by atoms with Crippen molar-refractivity contribution in [1.29, 1.82) is 5.41 Å². The fourth-order valence-corrected chi connectivity index (χ4v) is 3.02. The molecule has 138 valence electrons. The quantitative estimate of drug-likeness (QED) is 0.656. The molecule has 2 aromatic rings. The van der Waals surface area contributed by atoms with Gasteiger partial charge in [-0.25, -0.2) is 0 Å². The number of nitrogens with one attached hydrogen (secondary N) is 1. The molecule has 0 radical (unpaired) electrons. The normalized spacial score (nSPS) is 16.7. The number of hydrogen-bond donors (Lipinski definition) is 1. The summed E-state index contributed by atoms with van der Waals surface area (Å²) in [4.78, 5) is 3.93. The van der Waals surface area contributed by atoms with E-state index in [1.165, 1.54) is 18.3 Å². The van der Waals surface area contributed by atoms with Crippen molar-refractivity contribution in [2.75, 3.05) is 31.1 Å². The zero-order chi connectivity index (χ0) is 18.7. The van der Waals surface area contributed by atoms with Crippen LogP contribution in [0.15, 0.2) is 46.6 Å². The number of halogens is 3. The van der Waals surface area contributed by atoms with Crippen molar-refractivity contribution in [3.05, 3.63) is 47.7 Å². The van der Waals surface area contributed by atoms with Gasteiger partial charge in [0, 0.05) is 38.6 Å². The molecule has 5 nitrogen and oxygen atoms in total. The minimum atomic E-state index is -4.46. The third kappa shape index (κ3) is 3.74. The summed E-state index contributed by atoms with van der Waals surface area (Å²) in [6, 6.07) is 3.88. The van der Waals surface area contributed by atoms with Gasteiger partial charge in [-0.1, -0.05) is 17.3 Å². The Kier molecular flexibility index (Phi) is 5.01. The minimum absolute atomic E-state index is 0.0223. The molecule has 0 aliphatic carbocycles. The number of alkyl halides is 3. The maximum Gasteiger partial charge on any atom is 0.417 e. The van der Waals surface area contributed by atoms with Crippen LogP contribution in [-0.2, 0) is 6.18 Å². The second kappa shape index (κ2) is 7.23. The molecular formula is C18H19F3N4O. The van der Waals surface area contributed by atoms with Gasteiger partial charge < -0.3 is 19.7 Å². The summed E-state index contributed by atoms with van der Waals surface area (Å²) in [6.07, 6.45) is 2.22. The molecular weight excluding hydrogens is 345 g/mol. The lowest BCUT2D eigenvalue weighted by atomic mass is 10.1. The van der Waals surface area contributed by atoms with E-state index in [2.05, 4.69) is 10.1 Å². The van der Waals surface area contributed by atoms with Gasteiger partial charge in [0.2, 0.25) is 0 Å². The van der Waals surface area contributed by atoms with Crippen LogP contribution < -0.4 is 4.90 Å². The molecule has 2 heterocycles. The Hall–Kier alpha value is -2.77. The summed E-state index contributed by atoms with van der Waals surface area (Å²) in [7, 11) is 0. The van der Waals surface area contributed by atoms with Gasteiger partial charge in [0.15, 0.2) is 11.4 Å². The van der Waals surface area contributed by atoms with Crippen molar-refractivity contribution in [1.82, 2.24) is 10.1 Å². The summed E-state index contributed by atoms with van der Waals surface area (Å²) in [5.74, 6) is 0.247. The van der Waals surface area contributed by atoms with Gasteiger partial charge in [-0.2, -0.15) is 13.2 Å². The second-order valence-corrected chi connectivity index (χ2v) is 6.10. The lowest BCUT2D eigenvalue weighted by molar-refractivity contribution is -0.136. The predicted octanol–water partition coefficient (Wildman–Crippen LogP) is 4.08. The number of nitrogens with zero attached hydrogens (tertiary/aromatic N) is 3. The van der Waals surface area contributed by atoms with Crippen LogP contribution in [0.3, 0.4) is 0 Å². The number of anilines is 1. The Morgan fingerprint density at radius 3 is 2.62 bits per heavy atom. The van der Waals surface area contributed by atoms with E-state index in [-0.39, 0.29) is 16.8 Å². The van der Waals surface area contributed by atoms with Crippen molar-refractivity contribution in [2.45, 2.75) is 13.1 Å². The van der Waals surface area contributed by atoms with E-state index in [4.69, 9.17) is 9.93 Å². The molecule has 26 heavy (non-hydrogen) atoms. The van der Waals surface area contributed by atoms with Crippen LogP contribution in [-0.4, -0.2) is 42.5 Å². The van der Waals surface area contributed by atoms with Crippen molar-refractivity contribution < 1.29 is 17.7 Å². The Bertz CT molecular complexity index is 846. The van der Waals surface area contributed by atoms with E-state index in [9.17, 15) is 13.2 Å². The number of fused-ring (bicyclic) bond motifs is 1. The summed E-state index contributed by atoms with van der Waals surface area (Å²) in [5.41, 5.74) is 0.430. The van der Waals surface area contributed by atoms with Gasteiger partial charge in [-0.05, 0) is 30.7 Å². The van der Waals surface area contributed by atoms with E-state index in [1.807, 2.05) is 24.1 Å². The molecule has 0 saturated carbocycles. The molecule has 0 spiro atoms. The molecule has 1 aromatic heterocycles. The fraction of sp³-hybridized carbons (Fsp3) is 0.333. The Balaban J connectivity index is 1.80. The van der Waals surface area contributed by atoms with Gasteiger partial charge in [0.1, 0.15) is 0 Å². The van der Waals surface area contributed by atoms with Crippen molar-refractivity contribution in [2.24, 2.45) is 0 Å². The standard InChI is InChI=1S/C18H19F3N4O/c1-13(4-3-7-22)12-24-8-10-25(11-9-24)17-16-14(18(19,20)21)5-2-6-15(16)26-23-17/h2-7,12,22H,8-11H2,1H3/b4-3-,13-12+,22-7?. The van der Waals surface area contributed by atoms with Crippen molar-refractivity contribution in [3.8, 4) is 0 Å². The third-order valence-corrected chi connectivity index (χ3v) is 4.24. The number of allylic oxidation sites excluding steroid dienone is 3. The SMILES string of the molecule is CC(/C=C\C=N)=C\N1CCN(c2noc3cccc(C(F)(F)F)c23)CC1. The number of piperazine rings is 1. The van der Waals surface area contributed by atoms with Crippen LogP contribution in [0.4, 0.5) is 19.0 Å². The highest BCUT2D eigenvalue weighted by atomic mass is 19.4. The Labute approximate surface area is 148 Å². The average molecular weight is 364 g/mol. The minimum Gasteiger partial charge on any atom is -0.374 e. The lowest BCUT2D eigenvalue weighted by Crippen LogP contribution is -2.44. The van der Waals surface area contributed by atoms with Gasteiger partial charge >= 0.3 is 6.18 Å². The van der Waals surface area contributed by atoms with Gasteiger partial charge in [0.05, 0.1) is 10.9 Å². The summed E-state index contributed by atoms with van der Waals surface area (Å²) in [5, 5.41) is 10.9. The Morgan fingerprint density at radius 1 is 1.23 bits per heavy atom. The smallest absolute Gasteiger partial charge is 0.374 e. The summed E-state index contributed by atoms with van der Waals surface area (Å²) < 4.78 is 45.1. The van der Waals surface area contributed by atoms with E-state index >= 15 is 0 Å². The number of hydrogen-bond acceptors (Lipinski definition) is 5. The number of rotatable bonds is 4. The largest absolute Gasteiger partial charge is 0.417 e. The summed E-state index contributed by atoms with van der Waals surface area (Å²) in [6.45, 7) is 4.36. The number of aromatic nitrogens is 1. The van der Waals surface area contributed by atoms with Crippen LogP contribution in [0.2, 0.25) is 0 Å². The highest BCUT2D eigenvalue weighted by Crippen LogP contribution is 2.39. The third-order valence-electron chi connectivity index (χ3n) is 4.24. The topological polar surface area (TPSA) is 56.4 Å². The molecule has 1 aliphatic heterocycles. The molecule has 1 aliphatic rings. The Morgan fingerprint density at radius 2 is 1.96 bits per heavy atom. The first-order chi connectivity index (χ1) is 12.4. The van der Waals surface area contributed by atoms with E-state index in [1.54, 1.807) is 6.08 Å². The zero-order valence-corrected chi connectivity index (χ0v) is 14.3. The van der Waals surface area contributed by atoms with Crippen LogP contribution in [0.25, 0.3) is 11.0 Å². The van der Waals surface area contributed by atoms with Crippen LogP contribution >= 0.6 is 0 Å². The second-order valence-electron chi connectivity index (χ2n) is 6.10. The molecule has 1 fully saturated rings. The molecule has 0 bridgehead atoms. The zero-order valence-electron chi connectivity index (χ0n) is 14.3. The summed E-state index contributed by atoms with van der Waals surface area (Å²) >= 11 is 0.